The van der Waals surface area contributed by atoms with Crippen LogP contribution in [0.3, 0.4) is 0 Å². The van der Waals surface area contributed by atoms with Gasteiger partial charge in [-0.05, 0) is 94.7 Å². The molecule has 0 amide bonds. The molecule has 0 fully saturated rings. The number of anilines is 3. The van der Waals surface area contributed by atoms with Crippen LogP contribution in [-0.2, 0) is 0 Å². The first-order chi connectivity index (χ1) is 24.7. The Morgan fingerprint density at radius 1 is 0.340 bits per heavy atom. The number of hydrogen-bond donors (Lipinski definition) is 0. The second kappa shape index (κ2) is 10.6. The van der Waals surface area contributed by atoms with Gasteiger partial charge >= 0.3 is 0 Å². The molecule has 0 unspecified atom stereocenters. The second-order valence-electron chi connectivity index (χ2n) is 12.9. The molecule has 3 heterocycles. The number of nitrogens with zero attached hydrogens (tertiary/aromatic N) is 1. The van der Waals surface area contributed by atoms with Crippen LogP contribution in [0, 0.1) is 0 Å². The molecule has 11 rings (SSSR count). The standard InChI is InChI=1S/C46H27NO2S/c1-4-10-41-35(7-1)37-21-19-33(26-44(37)49-41)47(34-20-22-39-38-9-3-6-12-45(38)50-46(39)27-34)32-17-15-28(16-18-32)29-13-14-30-25-43-40(24-31(30)23-29)36-8-2-5-11-42(36)48-43/h1-27H. The minimum Gasteiger partial charge on any atom is -0.456 e. The van der Waals surface area contributed by atoms with Crippen molar-refractivity contribution in [3.8, 4) is 11.1 Å². The molecule has 0 saturated heterocycles. The lowest BCUT2D eigenvalue weighted by molar-refractivity contribution is 0.669. The summed E-state index contributed by atoms with van der Waals surface area (Å²) in [5, 5.41) is 9.50. The first kappa shape index (κ1) is 27.6. The van der Waals surface area contributed by atoms with E-state index in [2.05, 4.69) is 144 Å². The third kappa shape index (κ3) is 4.22. The summed E-state index contributed by atoms with van der Waals surface area (Å²) >= 11 is 1.84. The molecule has 8 aromatic carbocycles. The van der Waals surface area contributed by atoms with Crippen molar-refractivity contribution in [3.05, 3.63) is 164 Å². The van der Waals surface area contributed by atoms with Gasteiger partial charge in [-0.2, -0.15) is 0 Å². The number of fused-ring (bicyclic) bond motifs is 10. The third-order valence-corrected chi connectivity index (χ3v) is 11.2. The fourth-order valence-electron chi connectivity index (χ4n) is 7.61. The van der Waals surface area contributed by atoms with E-state index in [-0.39, 0.29) is 0 Å². The predicted molar refractivity (Wildman–Crippen MR) is 212 cm³/mol. The van der Waals surface area contributed by atoms with Gasteiger partial charge < -0.3 is 13.7 Å². The number of hydrogen-bond acceptors (Lipinski definition) is 4. The van der Waals surface area contributed by atoms with Crippen LogP contribution >= 0.6 is 11.3 Å². The average Bonchev–Trinajstić information content (AvgIpc) is 3.84. The average molecular weight is 658 g/mol. The van der Waals surface area contributed by atoms with Gasteiger partial charge in [-0.3, -0.25) is 0 Å². The SMILES string of the molecule is c1ccc2c(c1)oc1cc(N(c3ccc(-c4ccc5cc6oc7ccccc7c6cc5c4)cc3)c3ccc4c(c3)sc3ccccc34)ccc12. The molecule has 11 aromatic rings. The van der Waals surface area contributed by atoms with Crippen molar-refractivity contribution < 1.29 is 8.83 Å². The zero-order valence-electron chi connectivity index (χ0n) is 26.8. The molecule has 4 heteroatoms. The van der Waals surface area contributed by atoms with Crippen LogP contribution in [0.2, 0.25) is 0 Å². The van der Waals surface area contributed by atoms with Gasteiger partial charge in [0, 0.05) is 64.8 Å². The fourth-order valence-corrected chi connectivity index (χ4v) is 8.74. The number of thiophene rings is 1. The van der Waals surface area contributed by atoms with Crippen molar-refractivity contribution in [2.24, 2.45) is 0 Å². The Kier molecular flexibility index (Phi) is 5.83. The monoisotopic (exact) mass is 657 g/mol. The zero-order valence-corrected chi connectivity index (χ0v) is 27.6. The molecular weight excluding hydrogens is 631 g/mol. The van der Waals surface area contributed by atoms with Crippen LogP contribution in [0.1, 0.15) is 0 Å². The summed E-state index contributed by atoms with van der Waals surface area (Å²) in [4.78, 5) is 2.33. The number of benzene rings is 8. The highest BCUT2D eigenvalue weighted by molar-refractivity contribution is 7.25. The highest BCUT2D eigenvalue weighted by Crippen LogP contribution is 2.43. The first-order valence-electron chi connectivity index (χ1n) is 16.8. The van der Waals surface area contributed by atoms with Gasteiger partial charge in [-0.25, -0.2) is 0 Å². The Hall–Kier alpha value is -6.36. The van der Waals surface area contributed by atoms with Crippen molar-refractivity contribution in [1.29, 1.82) is 0 Å². The van der Waals surface area contributed by atoms with E-state index >= 15 is 0 Å². The van der Waals surface area contributed by atoms with Gasteiger partial charge in [0.15, 0.2) is 0 Å². The molecule has 0 aliphatic carbocycles. The van der Waals surface area contributed by atoms with Crippen molar-refractivity contribution in [3.63, 3.8) is 0 Å². The van der Waals surface area contributed by atoms with E-state index in [1.807, 2.05) is 35.6 Å². The van der Waals surface area contributed by atoms with E-state index in [1.54, 1.807) is 0 Å². The Labute approximate surface area is 290 Å². The highest BCUT2D eigenvalue weighted by atomic mass is 32.1. The summed E-state index contributed by atoms with van der Waals surface area (Å²) in [7, 11) is 0. The van der Waals surface area contributed by atoms with Crippen molar-refractivity contribution in [1.82, 2.24) is 0 Å². The van der Waals surface area contributed by atoms with E-state index in [1.165, 1.54) is 42.1 Å². The molecule has 0 N–H and O–H groups in total. The van der Waals surface area contributed by atoms with E-state index in [9.17, 15) is 0 Å². The number of rotatable bonds is 4. The molecule has 0 spiro atoms. The summed E-state index contributed by atoms with van der Waals surface area (Å²) in [6, 6.07) is 58.5. The van der Waals surface area contributed by atoms with Crippen molar-refractivity contribution >= 4 is 103 Å². The smallest absolute Gasteiger partial charge is 0.137 e. The molecule has 0 aliphatic rings. The molecular formula is C46H27NO2S. The van der Waals surface area contributed by atoms with Gasteiger partial charge in [0.25, 0.3) is 0 Å². The molecule has 0 saturated carbocycles. The van der Waals surface area contributed by atoms with Crippen LogP contribution in [0.15, 0.2) is 173 Å². The summed E-state index contributed by atoms with van der Waals surface area (Å²) in [6.45, 7) is 0. The van der Waals surface area contributed by atoms with Gasteiger partial charge in [-0.1, -0.05) is 84.9 Å². The highest BCUT2D eigenvalue weighted by Gasteiger charge is 2.17. The minimum absolute atomic E-state index is 0.879. The lowest BCUT2D eigenvalue weighted by Gasteiger charge is -2.26. The third-order valence-electron chi connectivity index (χ3n) is 10.0. The quantitative estimate of drug-likeness (QED) is 0.189. The molecule has 234 valence electrons. The van der Waals surface area contributed by atoms with Crippen LogP contribution in [-0.4, -0.2) is 0 Å². The fraction of sp³-hybridized carbons (Fsp3) is 0. The summed E-state index contributed by atoms with van der Waals surface area (Å²) in [5.74, 6) is 0. The maximum absolute atomic E-state index is 6.35. The lowest BCUT2D eigenvalue weighted by atomic mass is 9.99. The Balaban J connectivity index is 1.04. The van der Waals surface area contributed by atoms with Crippen molar-refractivity contribution in [2.75, 3.05) is 4.90 Å². The topological polar surface area (TPSA) is 29.5 Å². The van der Waals surface area contributed by atoms with Crippen molar-refractivity contribution in [2.45, 2.75) is 0 Å². The van der Waals surface area contributed by atoms with E-state index < -0.39 is 0 Å². The predicted octanol–water partition coefficient (Wildman–Crippen LogP) is 14.1. The lowest BCUT2D eigenvalue weighted by Crippen LogP contribution is -2.09. The number of para-hydroxylation sites is 2. The maximum Gasteiger partial charge on any atom is 0.137 e. The van der Waals surface area contributed by atoms with Gasteiger partial charge in [0.05, 0.1) is 0 Å². The van der Waals surface area contributed by atoms with Gasteiger partial charge in [0.1, 0.15) is 22.3 Å². The molecule has 3 aromatic heterocycles. The summed E-state index contributed by atoms with van der Waals surface area (Å²) < 4.78 is 15.1. The summed E-state index contributed by atoms with van der Waals surface area (Å²) in [5.41, 5.74) is 9.20. The van der Waals surface area contributed by atoms with Crippen LogP contribution in [0.25, 0.3) is 85.9 Å². The van der Waals surface area contributed by atoms with Gasteiger partial charge in [0.2, 0.25) is 0 Å². The summed E-state index contributed by atoms with van der Waals surface area (Å²) in [6.07, 6.45) is 0. The Bertz CT molecular complexity index is 2990. The molecule has 50 heavy (non-hydrogen) atoms. The largest absolute Gasteiger partial charge is 0.456 e. The molecule has 0 aliphatic heterocycles. The van der Waals surface area contributed by atoms with Crippen LogP contribution < -0.4 is 4.90 Å². The molecule has 0 radical (unpaired) electrons. The molecule has 0 bridgehead atoms. The van der Waals surface area contributed by atoms with E-state index in [0.29, 0.717) is 0 Å². The van der Waals surface area contributed by atoms with E-state index in [0.717, 1.165) is 60.9 Å². The first-order valence-corrected chi connectivity index (χ1v) is 17.6. The number of furan rings is 2. The Morgan fingerprint density at radius 2 is 0.920 bits per heavy atom. The maximum atomic E-state index is 6.35. The zero-order chi connectivity index (χ0) is 32.8. The van der Waals surface area contributed by atoms with E-state index in [4.69, 9.17) is 8.83 Å². The second-order valence-corrected chi connectivity index (χ2v) is 14.0. The van der Waals surface area contributed by atoms with Crippen LogP contribution in [0.5, 0.6) is 0 Å². The van der Waals surface area contributed by atoms with Gasteiger partial charge in [-0.15, -0.1) is 11.3 Å². The normalized spacial score (nSPS) is 12.0. The molecule has 0 atom stereocenters. The minimum atomic E-state index is 0.879. The molecule has 3 nitrogen and oxygen atoms in total. The van der Waals surface area contributed by atoms with Crippen LogP contribution in [0.4, 0.5) is 17.1 Å². The Morgan fingerprint density at radius 3 is 1.72 bits per heavy atom.